The van der Waals surface area contributed by atoms with Crippen LogP contribution in [0.3, 0.4) is 0 Å². The highest BCUT2D eigenvalue weighted by Gasteiger charge is 2.15. The summed E-state index contributed by atoms with van der Waals surface area (Å²) in [4.78, 5) is 36.2. The zero-order chi connectivity index (χ0) is 22.1. The van der Waals surface area contributed by atoms with Crippen LogP contribution >= 0.6 is 0 Å². The Hall–Kier alpha value is -3.41. The van der Waals surface area contributed by atoms with Gasteiger partial charge < -0.3 is 15.4 Å². The molecule has 6 nitrogen and oxygen atoms in total. The maximum absolute atomic E-state index is 12.5. The molecule has 0 unspecified atom stereocenters. The van der Waals surface area contributed by atoms with Gasteiger partial charge in [0.15, 0.2) is 12.4 Å². The molecule has 1 amide bonds. The lowest BCUT2D eigenvalue weighted by molar-refractivity contribution is -0.119. The van der Waals surface area contributed by atoms with Gasteiger partial charge in [0.1, 0.15) is 0 Å². The van der Waals surface area contributed by atoms with Crippen molar-refractivity contribution >= 4 is 29.0 Å². The van der Waals surface area contributed by atoms with Gasteiger partial charge in [-0.2, -0.15) is 0 Å². The average molecular weight is 421 g/mol. The van der Waals surface area contributed by atoms with E-state index in [0.29, 0.717) is 22.5 Å². The van der Waals surface area contributed by atoms with Crippen molar-refractivity contribution in [3.63, 3.8) is 0 Å². The molecule has 2 aromatic rings. The number of carbonyl (C=O) groups excluding carboxylic acids is 3. The van der Waals surface area contributed by atoms with Gasteiger partial charge in [-0.25, -0.2) is 4.79 Å². The van der Waals surface area contributed by atoms with Crippen molar-refractivity contribution in [2.24, 2.45) is 0 Å². The SMILES string of the molecule is CC(=O)c1cccc(NC(=O)COC(=O)c2ccccc2NCCC2=CCCCC2)c1. The molecule has 0 spiro atoms. The number of carbonyl (C=O) groups is 3. The number of nitrogens with one attached hydrogen (secondary N) is 2. The van der Waals surface area contributed by atoms with Crippen LogP contribution in [-0.2, 0) is 9.53 Å². The van der Waals surface area contributed by atoms with Gasteiger partial charge in [-0.1, -0.05) is 35.9 Å². The highest BCUT2D eigenvalue weighted by atomic mass is 16.5. The van der Waals surface area contributed by atoms with Crippen LogP contribution in [0.1, 0.15) is 59.7 Å². The Kier molecular flexibility index (Phi) is 7.98. The molecule has 0 atom stereocenters. The summed E-state index contributed by atoms with van der Waals surface area (Å²) < 4.78 is 5.21. The third-order valence-electron chi connectivity index (χ3n) is 5.18. The van der Waals surface area contributed by atoms with Gasteiger partial charge in [0, 0.05) is 23.5 Å². The first-order valence-corrected chi connectivity index (χ1v) is 10.6. The Labute approximate surface area is 182 Å². The van der Waals surface area contributed by atoms with E-state index in [9.17, 15) is 14.4 Å². The molecule has 1 aliphatic rings. The van der Waals surface area contributed by atoms with Gasteiger partial charge in [-0.05, 0) is 63.3 Å². The molecule has 31 heavy (non-hydrogen) atoms. The number of hydrogen-bond donors (Lipinski definition) is 2. The lowest BCUT2D eigenvalue weighted by atomic mass is 9.97. The molecule has 1 aliphatic carbocycles. The first kappa shape index (κ1) is 22.3. The summed E-state index contributed by atoms with van der Waals surface area (Å²) >= 11 is 0. The zero-order valence-electron chi connectivity index (χ0n) is 17.8. The van der Waals surface area contributed by atoms with Crippen LogP contribution in [0.4, 0.5) is 11.4 Å². The van der Waals surface area contributed by atoms with Gasteiger partial charge in [0.2, 0.25) is 0 Å². The molecular formula is C25H28N2O4. The lowest BCUT2D eigenvalue weighted by Gasteiger charge is -2.15. The Morgan fingerprint density at radius 2 is 1.87 bits per heavy atom. The maximum Gasteiger partial charge on any atom is 0.340 e. The van der Waals surface area contributed by atoms with Crippen LogP contribution in [0.2, 0.25) is 0 Å². The minimum atomic E-state index is -0.562. The summed E-state index contributed by atoms with van der Waals surface area (Å²) in [5.41, 5.74) is 3.53. The second-order valence-corrected chi connectivity index (χ2v) is 7.59. The number of benzene rings is 2. The van der Waals surface area contributed by atoms with Crippen LogP contribution in [0, 0.1) is 0 Å². The standard InChI is InChI=1S/C25H28N2O4/c1-18(28)20-10-7-11-21(16-20)27-24(29)17-31-25(30)22-12-5-6-13-23(22)26-15-14-19-8-3-2-4-9-19/h5-8,10-13,16,26H,2-4,9,14-15,17H2,1H3,(H,27,29). The Balaban J connectivity index is 1.52. The summed E-state index contributed by atoms with van der Waals surface area (Å²) in [6.07, 6.45) is 8.08. The highest BCUT2D eigenvalue weighted by Crippen LogP contribution is 2.21. The fraction of sp³-hybridized carbons (Fsp3) is 0.320. The molecule has 0 bridgehead atoms. The van der Waals surface area contributed by atoms with Crippen molar-refractivity contribution in [2.75, 3.05) is 23.8 Å². The smallest absolute Gasteiger partial charge is 0.340 e. The van der Waals surface area contributed by atoms with Crippen molar-refractivity contribution < 1.29 is 19.1 Å². The van der Waals surface area contributed by atoms with Crippen molar-refractivity contribution in [3.8, 4) is 0 Å². The van der Waals surface area contributed by atoms with Crippen LogP contribution in [0.5, 0.6) is 0 Å². The molecule has 0 aliphatic heterocycles. The minimum Gasteiger partial charge on any atom is -0.452 e. The largest absolute Gasteiger partial charge is 0.452 e. The minimum absolute atomic E-state index is 0.0913. The molecule has 0 radical (unpaired) electrons. The number of amides is 1. The molecule has 6 heteroatoms. The molecule has 2 aromatic carbocycles. The Bertz CT molecular complexity index is 981. The first-order valence-electron chi connectivity index (χ1n) is 10.6. The number of ketones is 1. The first-order chi connectivity index (χ1) is 15.0. The van der Waals surface area contributed by atoms with E-state index in [2.05, 4.69) is 16.7 Å². The summed E-state index contributed by atoms with van der Waals surface area (Å²) in [5, 5.41) is 5.95. The van der Waals surface area contributed by atoms with Crippen LogP contribution in [0.15, 0.2) is 60.2 Å². The molecular weight excluding hydrogens is 392 g/mol. The molecule has 2 N–H and O–H groups in total. The van der Waals surface area contributed by atoms with Crippen LogP contribution in [0.25, 0.3) is 0 Å². The van der Waals surface area contributed by atoms with E-state index in [0.717, 1.165) is 25.8 Å². The molecule has 0 heterocycles. The summed E-state index contributed by atoms with van der Waals surface area (Å²) in [7, 11) is 0. The van der Waals surface area contributed by atoms with E-state index < -0.39 is 18.5 Å². The number of esters is 1. The highest BCUT2D eigenvalue weighted by molar-refractivity contribution is 5.99. The van der Waals surface area contributed by atoms with Crippen molar-refractivity contribution in [1.82, 2.24) is 0 Å². The van der Waals surface area contributed by atoms with Gasteiger partial charge in [-0.15, -0.1) is 0 Å². The van der Waals surface area contributed by atoms with E-state index in [1.54, 1.807) is 36.4 Å². The number of anilines is 2. The number of ether oxygens (including phenoxy) is 1. The number of para-hydroxylation sites is 1. The number of rotatable bonds is 9. The van der Waals surface area contributed by atoms with Gasteiger partial charge >= 0.3 is 5.97 Å². The van der Waals surface area contributed by atoms with Crippen molar-refractivity contribution in [2.45, 2.75) is 39.0 Å². The summed E-state index contributed by atoms with van der Waals surface area (Å²) in [6.45, 7) is 1.79. The third kappa shape index (κ3) is 6.81. The fourth-order valence-corrected chi connectivity index (χ4v) is 3.53. The quantitative estimate of drug-likeness (QED) is 0.339. The van der Waals surface area contributed by atoms with E-state index in [1.165, 1.54) is 25.3 Å². The normalized spacial score (nSPS) is 13.1. The van der Waals surface area contributed by atoms with E-state index in [4.69, 9.17) is 4.74 Å². The lowest BCUT2D eigenvalue weighted by Crippen LogP contribution is -2.21. The molecule has 0 fully saturated rings. The zero-order valence-corrected chi connectivity index (χ0v) is 17.8. The van der Waals surface area contributed by atoms with Gasteiger partial charge in [0.05, 0.1) is 5.56 Å². The molecule has 162 valence electrons. The molecule has 0 saturated heterocycles. The fourth-order valence-electron chi connectivity index (χ4n) is 3.53. The monoisotopic (exact) mass is 420 g/mol. The van der Waals surface area contributed by atoms with Crippen molar-refractivity contribution in [3.05, 3.63) is 71.3 Å². The Morgan fingerprint density at radius 1 is 1.03 bits per heavy atom. The summed E-state index contributed by atoms with van der Waals surface area (Å²) in [5.74, 6) is -1.12. The predicted octanol–water partition coefficient (Wildman–Crippen LogP) is 4.99. The maximum atomic E-state index is 12.5. The van der Waals surface area contributed by atoms with Crippen molar-refractivity contribution in [1.29, 1.82) is 0 Å². The average Bonchev–Trinajstić information content (AvgIpc) is 2.78. The van der Waals surface area contributed by atoms with E-state index >= 15 is 0 Å². The molecule has 3 rings (SSSR count). The van der Waals surface area contributed by atoms with E-state index in [-0.39, 0.29) is 5.78 Å². The topological polar surface area (TPSA) is 84.5 Å². The van der Waals surface area contributed by atoms with Crippen LogP contribution < -0.4 is 10.6 Å². The number of allylic oxidation sites excluding steroid dienone is 1. The number of Topliss-reactive ketones (excluding diaryl/α,β-unsaturated/α-hetero) is 1. The predicted molar refractivity (Wildman–Crippen MR) is 121 cm³/mol. The van der Waals surface area contributed by atoms with Gasteiger partial charge in [-0.3, -0.25) is 9.59 Å². The van der Waals surface area contributed by atoms with Crippen LogP contribution in [-0.4, -0.2) is 30.8 Å². The number of hydrogen-bond acceptors (Lipinski definition) is 5. The second-order valence-electron chi connectivity index (χ2n) is 7.59. The summed E-state index contributed by atoms with van der Waals surface area (Å²) in [6, 6.07) is 13.7. The Morgan fingerprint density at radius 3 is 2.65 bits per heavy atom. The second kappa shape index (κ2) is 11.1. The molecule has 0 aromatic heterocycles. The van der Waals surface area contributed by atoms with Gasteiger partial charge in [0.25, 0.3) is 5.91 Å². The van der Waals surface area contributed by atoms with E-state index in [1.807, 2.05) is 12.1 Å². The third-order valence-corrected chi connectivity index (χ3v) is 5.18. The molecule has 0 saturated carbocycles.